The molecule has 3 amide bonds. The summed E-state index contributed by atoms with van der Waals surface area (Å²) in [5, 5.41) is 4.77. The Morgan fingerprint density at radius 2 is 2.00 bits per heavy atom. The molecule has 0 aromatic heterocycles. The van der Waals surface area contributed by atoms with E-state index in [1.807, 2.05) is 0 Å². The zero-order valence-corrected chi connectivity index (χ0v) is 7.86. The standard InChI is InChI=1S/C6H9BrN2O2/c1-6(2)3(7)4(10)8-5(11)9-6/h3H,1-2H3,(H2,8,9,10,11)/t3-/m1/s1. The summed E-state index contributed by atoms with van der Waals surface area (Å²) >= 11 is 3.18. The summed E-state index contributed by atoms with van der Waals surface area (Å²) in [6, 6.07) is -0.435. The van der Waals surface area contributed by atoms with Gasteiger partial charge in [0.2, 0.25) is 5.91 Å². The van der Waals surface area contributed by atoms with Gasteiger partial charge in [0.1, 0.15) is 4.83 Å². The third kappa shape index (κ3) is 1.53. The van der Waals surface area contributed by atoms with Crippen LogP contribution in [0.5, 0.6) is 0 Å². The topological polar surface area (TPSA) is 58.2 Å². The minimum atomic E-state index is -0.514. The molecule has 1 rings (SSSR count). The number of amides is 3. The molecule has 0 aromatic carbocycles. The summed E-state index contributed by atoms with van der Waals surface area (Å²) in [6.45, 7) is 3.56. The summed E-state index contributed by atoms with van der Waals surface area (Å²) < 4.78 is 0. The van der Waals surface area contributed by atoms with Crippen molar-refractivity contribution < 1.29 is 9.59 Å². The van der Waals surface area contributed by atoms with Gasteiger partial charge in [-0.05, 0) is 13.8 Å². The van der Waals surface area contributed by atoms with Crippen molar-refractivity contribution in [1.29, 1.82) is 0 Å². The number of carbonyl (C=O) groups excluding carboxylic acids is 2. The Bertz CT molecular complexity index is 215. The van der Waals surface area contributed by atoms with Crippen LogP contribution in [0.3, 0.4) is 0 Å². The number of hydrogen-bond acceptors (Lipinski definition) is 2. The van der Waals surface area contributed by atoms with Crippen LogP contribution in [0.4, 0.5) is 4.79 Å². The van der Waals surface area contributed by atoms with E-state index in [0.717, 1.165) is 0 Å². The quantitative estimate of drug-likeness (QED) is 0.580. The molecule has 2 N–H and O–H groups in total. The molecule has 0 bridgehead atoms. The average molecular weight is 221 g/mol. The largest absolute Gasteiger partial charge is 0.331 e. The maximum absolute atomic E-state index is 11.0. The Kier molecular flexibility index (Phi) is 1.92. The third-order valence-corrected chi connectivity index (χ3v) is 3.10. The summed E-state index contributed by atoms with van der Waals surface area (Å²) in [5.41, 5.74) is -0.514. The van der Waals surface area contributed by atoms with Gasteiger partial charge in [-0.15, -0.1) is 0 Å². The second-order valence-electron chi connectivity index (χ2n) is 3.03. The van der Waals surface area contributed by atoms with E-state index in [1.54, 1.807) is 13.8 Å². The van der Waals surface area contributed by atoms with Gasteiger partial charge in [-0.1, -0.05) is 15.9 Å². The molecule has 1 fully saturated rings. The Morgan fingerprint density at radius 1 is 1.45 bits per heavy atom. The second kappa shape index (κ2) is 2.48. The minimum Gasteiger partial charge on any atom is -0.331 e. The van der Waals surface area contributed by atoms with Crippen LogP contribution >= 0.6 is 15.9 Å². The van der Waals surface area contributed by atoms with Crippen molar-refractivity contribution in [3.8, 4) is 0 Å². The first-order valence-corrected chi connectivity index (χ1v) is 4.12. The Balaban J connectivity index is 2.83. The lowest BCUT2D eigenvalue weighted by molar-refractivity contribution is -0.121. The van der Waals surface area contributed by atoms with Crippen molar-refractivity contribution in [3.63, 3.8) is 0 Å². The van der Waals surface area contributed by atoms with E-state index in [2.05, 4.69) is 26.6 Å². The lowest BCUT2D eigenvalue weighted by Gasteiger charge is -2.34. The summed E-state index contributed by atoms with van der Waals surface area (Å²) in [7, 11) is 0. The predicted octanol–water partition coefficient (Wildman–Crippen LogP) is 0.368. The van der Waals surface area contributed by atoms with Crippen molar-refractivity contribution in [1.82, 2.24) is 10.6 Å². The molecule has 4 nitrogen and oxygen atoms in total. The zero-order valence-electron chi connectivity index (χ0n) is 6.27. The molecule has 5 heteroatoms. The SMILES string of the molecule is CC1(C)NC(=O)NC(=O)[C@H]1Br. The maximum atomic E-state index is 11.0. The number of urea groups is 1. The summed E-state index contributed by atoms with van der Waals surface area (Å²) in [5.74, 6) is -0.293. The van der Waals surface area contributed by atoms with E-state index >= 15 is 0 Å². The van der Waals surface area contributed by atoms with Crippen LogP contribution < -0.4 is 10.6 Å². The first kappa shape index (κ1) is 8.52. The van der Waals surface area contributed by atoms with Crippen LogP contribution in [0.25, 0.3) is 0 Å². The van der Waals surface area contributed by atoms with E-state index < -0.39 is 11.6 Å². The lowest BCUT2D eigenvalue weighted by Crippen LogP contribution is -2.64. The second-order valence-corrected chi connectivity index (χ2v) is 3.94. The van der Waals surface area contributed by atoms with Crippen LogP contribution in [0, 0.1) is 0 Å². The number of halogens is 1. The summed E-state index contributed by atoms with van der Waals surface area (Å²) in [4.78, 5) is 21.4. The molecule has 1 aliphatic rings. The highest BCUT2D eigenvalue weighted by molar-refractivity contribution is 9.10. The monoisotopic (exact) mass is 220 g/mol. The molecule has 0 radical (unpaired) electrons. The smallest absolute Gasteiger partial charge is 0.321 e. The molecule has 1 atom stereocenters. The van der Waals surface area contributed by atoms with Crippen molar-refractivity contribution in [2.45, 2.75) is 24.2 Å². The molecule has 0 saturated carbocycles. The van der Waals surface area contributed by atoms with Crippen molar-refractivity contribution in [2.75, 3.05) is 0 Å². The average Bonchev–Trinajstić information content (AvgIpc) is 1.81. The fourth-order valence-corrected chi connectivity index (χ4v) is 1.12. The van der Waals surface area contributed by atoms with Gasteiger partial charge in [-0.3, -0.25) is 10.1 Å². The predicted molar refractivity (Wildman–Crippen MR) is 43.5 cm³/mol. The molecular formula is C6H9BrN2O2. The molecule has 1 heterocycles. The van der Waals surface area contributed by atoms with E-state index in [9.17, 15) is 9.59 Å². The third-order valence-electron chi connectivity index (χ3n) is 1.54. The number of nitrogens with one attached hydrogen (secondary N) is 2. The molecule has 0 unspecified atom stereocenters. The van der Waals surface area contributed by atoms with Crippen molar-refractivity contribution in [3.05, 3.63) is 0 Å². The molecule has 11 heavy (non-hydrogen) atoms. The number of alkyl halides is 1. The van der Waals surface area contributed by atoms with Gasteiger partial charge in [0.25, 0.3) is 0 Å². The van der Waals surface area contributed by atoms with E-state index in [-0.39, 0.29) is 10.7 Å². The number of rotatable bonds is 0. The first-order valence-electron chi connectivity index (χ1n) is 3.20. The van der Waals surface area contributed by atoms with Gasteiger partial charge in [0.05, 0.1) is 5.54 Å². The number of imide groups is 1. The van der Waals surface area contributed by atoms with Gasteiger partial charge in [-0.25, -0.2) is 4.79 Å². The van der Waals surface area contributed by atoms with E-state index in [1.165, 1.54) is 0 Å². The van der Waals surface area contributed by atoms with Crippen molar-refractivity contribution in [2.24, 2.45) is 0 Å². The molecule has 0 aromatic rings. The van der Waals surface area contributed by atoms with Crippen molar-refractivity contribution >= 4 is 27.9 Å². The molecule has 1 saturated heterocycles. The summed E-state index contributed by atoms with van der Waals surface area (Å²) in [6.07, 6.45) is 0. The highest BCUT2D eigenvalue weighted by Crippen LogP contribution is 2.19. The van der Waals surface area contributed by atoms with Crippen LogP contribution in [0.1, 0.15) is 13.8 Å². The van der Waals surface area contributed by atoms with Gasteiger partial charge in [0.15, 0.2) is 0 Å². The first-order chi connectivity index (χ1) is 4.93. The molecule has 1 aliphatic heterocycles. The van der Waals surface area contributed by atoms with Crippen LogP contribution in [0.2, 0.25) is 0 Å². The fraction of sp³-hybridized carbons (Fsp3) is 0.667. The molecule has 0 aliphatic carbocycles. The lowest BCUT2D eigenvalue weighted by atomic mass is 9.99. The zero-order chi connectivity index (χ0) is 8.65. The highest BCUT2D eigenvalue weighted by atomic mass is 79.9. The Hall–Kier alpha value is -0.580. The van der Waals surface area contributed by atoms with Crippen LogP contribution in [-0.4, -0.2) is 22.3 Å². The normalized spacial score (nSPS) is 29.2. The van der Waals surface area contributed by atoms with Crippen LogP contribution in [-0.2, 0) is 4.79 Å². The van der Waals surface area contributed by atoms with Crippen LogP contribution in [0.15, 0.2) is 0 Å². The highest BCUT2D eigenvalue weighted by Gasteiger charge is 2.39. The fourth-order valence-electron chi connectivity index (χ4n) is 0.890. The van der Waals surface area contributed by atoms with Gasteiger partial charge in [0, 0.05) is 0 Å². The number of carbonyl (C=O) groups is 2. The Morgan fingerprint density at radius 3 is 2.45 bits per heavy atom. The molecule has 62 valence electrons. The van der Waals surface area contributed by atoms with E-state index in [4.69, 9.17) is 0 Å². The minimum absolute atomic E-state index is 0.293. The van der Waals surface area contributed by atoms with E-state index in [0.29, 0.717) is 0 Å². The molecular weight excluding hydrogens is 212 g/mol. The maximum Gasteiger partial charge on any atom is 0.321 e. The Labute approximate surface area is 72.8 Å². The molecule has 0 spiro atoms. The van der Waals surface area contributed by atoms with Gasteiger partial charge < -0.3 is 5.32 Å². The van der Waals surface area contributed by atoms with Gasteiger partial charge >= 0.3 is 6.03 Å². The number of hydrogen-bond donors (Lipinski definition) is 2. The van der Waals surface area contributed by atoms with Gasteiger partial charge in [-0.2, -0.15) is 0 Å².